The van der Waals surface area contributed by atoms with Gasteiger partial charge in [-0.15, -0.1) is 22.7 Å². The molecule has 0 saturated carbocycles. The Labute approximate surface area is 337 Å². The predicted molar refractivity (Wildman–Crippen MR) is 212 cm³/mol. The van der Waals surface area contributed by atoms with E-state index in [0.717, 1.165) is 32.4 Å². The molecule has 0 radical (unpaired) electrons. The second-order valence-corrected chi connectivity index (χ2v) is 16.8. The van der Waals surface area contributed by atoms with Crippen molar-refractivity contribution >= 4 is 42.9 Å². The first-order valence-corrected chi connectivity index (χ1v) is 22.5. The van der Waals surface area contributed by atoms with Crippen molar-refractivity contribution < 1.29 is 63.1 Å². The van der Waals surface area contributed by atoms with Gasteiger partial charge in [-0.3, -0.25) is 8.37 Å². The first-order valence-electron chi connectivity index (χ1n) is 18.0. The Balaban J connectivity index is 0.952. The van der Waals surface area contributed by atoms with E-state index in [-0.39, 0.29) is 36.2 Å². The number of thiophene rings is 2. The van der Waals surface area contributed by atoms with Crippen LogP contribution in [0.1, 0.15) is 11.1 Å². The van der Waals surface area contributed by atoms with E-state index in [9.17, 15) is 16.8 Å². The predicted octanol–water partition coefficient (Wildman–Crippen LogP) is 5.76. The van der Waals surface area contributed by atoms with Gasteiger partial charge in [-0.2, -0.15) is 16.8 Å². The summed E-state index contributed by atoms with van der Waals surface area (Å²) >= 11 is 3.14. The van der Waals surface area contributed by atoms with Crippen molar-refractivity contribution in [3.05, 3.63) is 82.6 Å². The van der Waals surface area contributed by atoms with Gasteiger partial charge >= 0.3 is 0 Å². The monoisotopic (exact) mass is 858 g/mol. The van der Waals surface area contributed by atoms with E-state index in [1.54, 1.807) is 46.9 Å². The van der Waals surface area contributed by atoms with Gasteiger partial charge in [0.25, 0.3) is 20.2 Å². The molecule has 2 aromatic carbocycles. The van der Waals surface area contributed by atoms with Crippen molar-refractivity contribution in [1.82, 2.24) is 0 Å². The van der Waals surface area contributed by atoms with Crippen molar-refractivity contribution in [2.75, 3.05) is 106 Å². The molecule has 0 fully saturated rings. The van der Waals surface area contributed by atoms with E-state index < -0.39 is 20.2 Å². The summed E-state index contributed by atoms with van der Waals surface area (Å²) in [6.45, 7) is 8.24. The highest BCUT2D eigenvalue weighted by Gasteiger charge is 2.17. The van der Waals surface area contributed by atoms with E-state index in [4.69, 9.17) is 46.3 Å². The SMILES string of the molecule is Cc1ccc(S(=O)(=O)OCCOCCOCCOCCOc2ccsc2-c2sccc2OCCOCCOCCOCCOS(=O)(=O)c2ccc(C)cc2)cc1. The summed E-state index contributed by atoms with van der Waals surface area (Å²) in [7, 11) is -7.60. The molecular formula is C38H50O14S4. The summed E-state index contributed by atoms with van der Waals surface area (Å²) in [6, 6.07) is 16.8. The lowest BCUT2D eigenvalue weighted by atomic mass is 10.2. The van der Waals surface area contributed by atoms with Crippen LogP contribution >= 0.6 is 22.7 Å². The van der Waals surface area contributed by atoms with Crippen LogP contribution in [0, 0.1) is 13.8 Å². The molecule has 4 rings (SSSR count). The molecule has 310 valence electrons. The van der Waals surface area contributed by atoms with Gasteiger partial charge in [-0.25, -0.2) is 0 Å². The second-order valence-electron chi connectivity index (χ2n) is 11.8. The Bertz CT molecular complexity index is 1740. The highest BCUT2D eigenvalue weighted by molar-refractivity contribution is 7.87. The van der Waals surface area contributed by atoms with Crippen molar-refractivity contribution in [1.29, 1.82) is 0 Å². The molecule has 0 aliphatic carbocycles. The van der Waals surface area contributed by atoms with Crippen molar-refractivity contribution in [2.24, 2.45) is 0 Å². The molecule has 0 amide bonds. The standard InChI is InChI=1S/C38H50O14S4/c1-31-3-7-33(8-4-31)55(39,40)51-27-23-47-19-15-43-13-17-45-21-25-49-35-11-29-53-37(35)38-36(12-30-54-38)50-26-22-46-18-14-44-16-20-48-24-28-52-56(41,42)34-9-5-32(2)6-10-34/h3-12,29-30H,13-28H2,1-2H3. The van der Waals surface area contributed by atoms with Crippen molar-refractivity contribution in [3.63, 3.8) is 0 Å². The lowest BCUT2D eigenvalue weighted by Gasteiger charge is -2.10. The molecule has 0 saturated heterocycles. The van der Waals surface area contributed by atoms with Crippen LogP contribution in [0.15, 0.2) is 81.2 Å². The fraction of sp³-hybridized carbons (Fsp3) is 0.474. The maximum Gasteiger partial charge on any atom is 0.297 e. The zero-order valence-electron chi connectivity index (χ0n) is 31.6. The summed E-state index contributed by atoms with van der Waals surface area (Å²) in [4.78, 5) is 2.19. The average molecular weight is 859 g/mol. The van der Waals surface area contributed by atoms with Crippen LogP contribution in [0.2, 0.25) is 0 Å². The Morgan fingerprint density at radius 1 is 0.393 bits per heavy atom. The summed E-state index contributed by atoms with van der Waals surface area (Å²) in [5.41, 5.74) is 1.93. The second kappa shape index (κ2) is 25.4. The van der Waals surface area contributed by atoms with E-state index in [2.05, 4.69) is 0 Å². The van der Waals surface area contributed by atoms with Crippen LogP contribution in [-0.4, -0.2) is 123 Å². The molecule has 0 spiro atoms. The molecule has 56 heavy (non-hydrogen) atoms. The van der Waals surface area contributed by atoms with E-state index >= 15 is 0 Å². The van der Waals surface area contributed by atoms with Gasteiger partial charge in [0.1, 0.15) is 24.7 Å². The lowest BCUT2D eigenvalue weighted by Crippen LogP contribution is -2.15. The Morgan fingerprint density at radius 2 is 0.679 bits per heavy atom. The molecule has 0 unspecified atom stereocenters. The summed E-state index contributed by atoms with van der Waals surface area (Å²) in [5, 5.41) is 3.94. The molecule has 0 aliphatic heterocycles. The average Bonchev–Trinajstić information content (AvgIpc) is 3.85. The number of benzene rings is 2. The van der Waals surface area contributed by atoms with E-state index in [0.29, 0.717) is 79.3 Å². The molecule has 0 N–H and O–H groups in total. The molecule has 2 heterocycles. The first kappa shape index (κ1) is 45.7. The van der Waals surface area contributed by atoms with E-state index in [1.807, 2.05) is 36.7 Å². The van der Waals surface area contributed by atoms with Gasteiger partial charge < -0.3 is 37.9 Å². The number of hydrogen-bond donors (Lipinski definition) is 0. The largest absolute Gasteiger partial charge is 0.490 e. The maximum absolute atomic E-state index is 12.2. The summed E-state index contributed by atoms with van der Waals surface area (Å²) in [6.07, 6.45) is 0. The fourth-order valence-corrected chi connectivity index (χ4v) is 8.24. The topological polar surface area (TPSA) is 161 Å². The minimum atomic E-state index is -3.80. The van der Waals surface area contributed by atoms with Gasteiger partial charge in [0.15, 0.2) is 0 Å². The van der Waals surface area contributed by atoms with E-state index in [1.165, 1.54) is 24.3 Å². The third kappa shape index (κ3) is 16.9. The van der Waals surface area contributed by atoms with Gasteiger partial charge in [-0.1, -0.05) is 35.4 Å². The quantitative estimate of drug-likeness (QED) is 0.0444. The van der Waals surface area contributed by atoms with Crippen molar-refractivity contribution in [3.8, 4) is 21.3 Å². The molecule has 0 atom stereocenters. The molecule has 18 heteroatoms. The summed E-state index contributed by atoms with van der Waals surface area (Å²) < 4.78 is 104. The minimum Gasteiger partial charge on any atom is -0.490 e. The molecule has 0 bridgehead atoms. The number of rotatable bonds is 31. The highest BCUT2D eigenvalue weighted by Crippen LogP contribution is 2.44. The third-order valence-electron chi connectivity index (χ3n) is 7.47. The minimum absolute atomic E-state index is 0.0772. The first-order chi connectivity index (χ1) is 27.2. The van der Waals surface area contributed by atoms with Crippen molar-refractivity contribution in [2.45, 2.75) is 23.6 Å². The van der Waals surface area contributed by atoms with Crippen LogP contribution in [0.4, 0.5) is 0 Å². The van der Waals surface area contributed by atoms with Crippen LogP contribution in [0.5, 0.6) is 11.5 Å². The van der Waals surface area contributed by atoms with Crippen LogP contribution in [0.3, 0.4) is 0 Å². The molecule has 0 aliphatic rings. The summed E-state index contributed by atoms with van der Waals surface area (Å²) in [5.74, 6) is 1.51. The van der Waals surface area contributed by atoms with Gasteiger partial charge in [-0.05, 0) is 61.0 Å². The number of hydrogen-bond acceptors (Lipinski definition) is 16. The third-order valence-corrected chi connectivity index (χ3v) is 12.1. The Kier molecular flexibility index (Phi) is 20.7. The smallest absolute Gasteiger partial charge is 0.297 e. The highest BCUT2D eigenvalue weighted by atomic mass is 32.2. The zero-order chi connectivity index (χ0) is 39.9. The number of aryl methyl sites for hydroxylation is 2. The zero-order valence-corrected chi connectivity index (χ0v) is 34.9. The Morgan fingerprint density at radius 3 is 1.00 bits per heavy atom. The van der Waals surface area contributed by atoms with Gasteiger partial charge in [0.05, 0.1) is 112 Å². The maximum atomic E-state index is 12.2. The molecule has 2 aromatic heterocycles. The Hall–Kier alpha value is -2.98. The van der Waals surface area contributed by atoms with Gasteiger partial charge in [0, 0.05) is 0 Å². The molecule has 4 aromatic rings. The fourth-order valence-electron chi connectivity index (χ4n) is 4.61. The molecular weight excluding hydrogens is 809 g/mol. The van der Waals surface area contributed by atoms with Crippen LogP contribution in [0.25, 0.3) is 9.75 Å². The normalized spacial score (nSPS) is 12.0. The van der Waals surface area contributed by atoms with Crippen LogP contribution < -0.4 is 9.47 Å². The van der Waals surface area contributed by atoms with Crippen LogP contribution in [-0.2, 0) is 57.0 Å². The number of ether oxygens (including phenoxy) is 8. The lowest BCUT2D eigenvalue weighted by molar-refractivity contribution is 0.00525. The van der Waals surface area contributed by atoms with Gasteiger partial charge in [0.2, 0.25) is 0 Å². The molecule has 14 nitrogen and oxygen atoms in total.